The van der Waals surface area contributed by atoms with Gasteiger partial charge in [-0.1, -0.05) is 13.8 Å². The van der Waals surface area contributed by atoms with Crippen molar-refractivity contribution in [2.75, 3.05) is 20.1 Å². The summed E-state index contributed by atoms with van der Waals surface area (Å²) in [6.07, 6.45) is 1.28. The summed E-state index contributed by atoms with van der Waals surface area (Å²) in [6.45, 7) is 4.58. The Bertz CT molecular complexity index is 381. The molecule has 1 heterocycles. The average molecular weight is 269 g/mol. The Morgan fingerprint density at radius 1 is 1.47 bits per heavy atom. The van der Waals surface area contributed by atoms with Gasteiger partial charge in [0.15, 0.2) is 0 Å². The summed E-state index contributed by atoms with van der Waals surface area (Å²) in [5.74, 6) is -0.490. The van der Waals surface area contributed by atoms with Crippen LogP contribution in [-0.2, 0) is 14.4 Å². The van der Waals surface area contributed by atoms with Gasteiger partial charge in [-0.3, -0.25) is 14.4 Å². The molecule has 6 nitrogen and oxygen atoms in total. The molecule has 1 saturated heterocycles. The number of primary amides is 1. The van der Waals surface area contributed by atoms with Crippen LogP contribution in [0.2, 0.25) is 0 Å². The Kier molecular flexibility index (Phi) is 4.91. The normalized spacial score (nSPS) is 22.9. The number of nitrogens with two attached hydrogens (primary N) is 1. The fourth-order valence-corrected chi connectivity index (χ4v) is 2.84. The minimum absolute atomic E-state index is 0.0495. The Labute approximate surface area is 113 Å². The van der Waals surface area contributed by atoms with E-state index in [0.717, 1.165) is 0 Å². The predicted molar refractivity (Wildman–Crippen MR) is 71.0 cm³/mol. The highest BCUT2D eigenvalue weighted by molar-refractivity contribution is 5.92. The molecule has 6 heteroatoms. The monoisotopic (exact) mass is 269 g/mol. The number of likely N-dealkylation sites (N-methyl/N-ethyl adjacent to an activating group) is 1. The van der Waals surface area contributed by atoms with Gasteiger partial charge in [-0.15, -0.1) is 0 Å². The van der Waals surface area contributed by atoms with E-state index in [1.807, 2.05) is 13.8 Å². The maximum atomic E-state index is 12.5. The Hall–Kier alpha value is -1.59. The van der Waals surface area contributed by atoms with Gasteiger partial charge < -0.3 is 16.0 Å². The zero-order chi connectivity index (χ0) is 14.6. The topological polar surface area (TPSA) is 92.5 Å². The molecule has 3 N–H and O–H groups in total. The zero-order valence-corrected chi connectivity index (χ0v) is 11.9. The molecule has 0 saturated carbocycles. The van der Waals surface area contributed by atoms with Crippen molar-refractivity contribution in [3.63, 3.8) is 0 Å². The van der Waals surface area contributed by atoms with Crippen molar-refractivity contribution in [2.45, 2.75) is 33.1 Å². The van der Waals surface area contributed by atoms with E-state index in [4.69, 9.17) is 5.73 Å². The molecule has 0 aromatic heterocycles. The number of carbonyl (C=O) groups is 3. The van der Waals surface area contributed by atoms with Gasteiger partial charge in [-0.25, -0.2) is 0 Å². The third-order valence-electron chi connectivity index (χ3n) is 3.53. The highest BCUT2D eigenvalue weighted by Crippen LogP contribution is 2.40. The summed E-state index contributed by atoms with van der Waals surface area (Å²) >= 11 is 0. The number of nitrogens with zero attached hydrogens (tertiary/aromatic N) is 1. The molecule has 1 unspecified atom stereocenters. The van der Waals surface area contributed by atoms with Gasteiger partial charge in [0.25, 0.3) is 0 Å². The second kappa shape index (κ2) is 6.04. The van der Waals surface area contributed by atoms with Crippen LogP contribution in [0.15, 0.2) is 0 Å². The van der Waals surface area contributed by atoms with Crippen LogP contribution in [0.1, 0.15) is 33.1 Å². The summed E-state index contributed by atoms with van der Waals surface area (Å²) in [7, 11) is 1.54. The van der Waals surface area contributed by atoms with Crippen molar-refractivity contribution < 1.29 is 14.4 Å². The molecule has 1 aliphatic rings. The number of carbonyl (C=O) groups excluding carboxylic acids is 3. The van der Waals surface area contributed by atoms with Gasteiger partial charge in [0, 0.05) is 20.0 Å². The predicted octanol–water partition coefficient (Wildman–Crippen LogP) is -0.127. The number of likely N-dealkylation sites (tertiary alicyclic amines) is 1. The van der Waals surface area contributed by atoms with Crippen LogP contribution in [0, 0.1) is 11.3 Å². The van der Waals surface area contributed by atoms with Gasteiger partial charge in [0.1, 0.15) is 0 Å². The standard InChI is InChI=1S/C13H23N3O3/c1-9(2)6-13(7-10(14)17)4-5-16(12(13)19)8-11(18)15-3/h9H,4-8H2,1-3H3,(H2,14,17)(H,15,18). The van der Waals surface area contributed by atoms with Crippen LogP contribution in [0.3, 0.4) is 0 Å². The molecule has 0 spiro atoms. The second-order valence-electron chi connectivity index (χ2n) is 5.67. The van der Waals surface area contributed by atoms with E-state index >= 15 is 0 Å². The summed E-state index contributed by atoms with van der Waals surface area (Å²) < 4.78 is 0. The lowest BCUT2D eigenvalue weighted by atomic mass is 9.76. The average Bonchev–Trinajstić information content (AvgIpc) is 2.56. The number of amides is 3. The molecular formula is C13H23N3O3. The van der Waals surface area contributed by atoms with Gasteiger partial charge in [-0.05, 0) is 18.8 Å². The largest absolute Gasteiger partial charge is 0.370 e. The summed E-state index contributed by atoms with van der Waals surface area (Å²) in [5, 5.41) is 2.50. The van der Waals surface area contributed by atoms with Crippen LogP contribution in [-0.4, -0.2) is 42.8 Å². The number of hydrogen-bond acceptors (Lipinski definition) is 3. The highest BCUT2D eigenvalue weighted by Gasteiger charge is 2.47. The Morgan fingerprint density at radius 3 is 2.58 bits per heavy atom. The minimum atomic E-state index is -0.714. The van der Waals surface area contributed by atoms with Crippen LogP contribution in [0.25, 0.3) is 0 Å². The number of nitrogens with one attached hydrogen (secondary N) is 1. The molecular weight excluding hydrogens is 246 g/mol. The van der Waals surface area contributed by atoms with E-state index in [1.165, 1.54) is 11.9 Å². The highest BCUT2D eigenvalue weighted by atomic mass is 16.2. The van der Waals surface area contributed by atoms with Crippen molar-refractivity contribution in [3.05, 3.63) is 0 Å². The van der Waals surface area contributed by atoms with E-state index in [2.05, 4.69) is 5.32 Å². The van der Waals surface area contributed by atoms with Crippen molar-refractivity contribution in [2.24, 2.45) is 17.1 Å². The van der Waals surface area contributed by atoms with Gasteiger partial charge >= 0.3 is 0 Å². The molecule has 0 radical (unpaired) electrons. The first kappa shape index (κ1) is 15.5. The zero-order valence-electron chi connectivity index (χ0n) is 11.9. The summed E-state index contributed by atoms with van der Waals surface area (Å²) in [5.41, 5.74) is 4.57. The fourth-order valence-electron chi connectivity index (χ4n) is 2.84. The summed E-state index contributed by atoms with van der Waals surface area (Å²) in [6, 6.07) is 0. The maximum absolute atomic E-state index is 12.5. The molecule has 0 bridgehead atoms. The molecule has 3 amide bonds. The van der Waals surface area contributed by atoms with Gasteiger partial charge in [-0.2, -0.15) is 0 Å². The van der Waals surface area contributed by atoms with Crippen LogP contribution in [0.4, 0.5) is 0 Å². The molecule has 1 rings (SSSR count). The third kappa shape index (κ3) is 3.68. The van der Waals surface area contributed by atoms with Crippen molar-refractivity contribution in [1.82, 2.24) is 10.2 Å². The van der Waals surface area contributed by atoms with E-state index in [1.54, 1.807) is 0 Å². The van der Waals surface area contributed by atoms with E-state index < -0.39 is 11.3 Å². The van der Waals surface area contributed by atoms with Crippen molar-refractivity contribution in [1.29, 1.82) is 0 Å². The lowest BCUT2D eigenvalue weighted by Gasteiger charge is -2.28. The molecule has 0 aromatic carbocycles. The quantitative estimate of drug-likeness (QED) is 0.703. The van der Waals surface area contributed by atoms with Crippen LogP contribution < -0.4 is 11.1 Å². The first-order valence-corrected chi connectivity index (χ1v) is 6.59. The minimum Gasteiger partial charge on any atom is -0.370 e. The lowest BCUT2D eigenvalue weighted by molar-refractivity contribution is -0.142. The first-order chi connectivity index (χ1) is 8.80. The van der Waals surface area contributed by atoms with Crippen molar-refractivity contribution >= 4 is 17.7 Å². The Balaban J connectivity index is 2.85. The van der Waals surface area contributed by atoms with E-state index in [9.17, 15) is 14.4 Å². The van der Waals surface area contributed by atoms with Crippen LogP contribution >= 0.6 is 0 Å². The summed E-state index contributed by atoms with van der Waals surface area (Å²) in [4.78, 5) is 36.6. The number of hydrogen-bond donors (Lipinski definition) is 2. The maximum Gasteiger partial charge on any atom is 0.239 e. The van der Waals surface area contributed by atoms with Crippen LogP contribution in [0.5, 0.6) is 0 Å². The Morgan fingerprint density at radius 2 is 2.11 bits per heavy atom. The molecule has 0 aromatic rings. The van der Waals surface area contributed by atoms with Gasteiger partial charge in [0.05, 0.1) is 12.0 Å². The molecule has 0 aliphatic carbocycles. The molecule has 1 atom stereocenters. The number of rotatable bonds is 6. The molecule has 1 fully saturated rings. The SMILES string of the molecule is CNC(=O)CN1CCC(CC(N)=O)(CC(C)C)C1=O. The molecule has 19 heavy (non-hydrogen) atoms. The van der Waals surface area contributed by atoms with Crippen molar-refractivity contribution in [3.8, 4) is 0 Å². The second-order valence-corrected chi connectivity index (χ2v) is 5.67. The molecule has 1 aliphatic heterocycles. The fraction of sp³-hybridized carbons (Fsp3) is 0.769. The van der Waals surface area contributed by atoms with E-state index in [-0.39, 0.29) is 24.8 Å². The first-order valence-electron chi connectivity index (χ1n) is 6.59. The molecule has 108 valence electrons. The lowest BCUT2D eigenvalue weighted by Crippen LogP contribution is -2.42. The van der Waals surface area contributed by atoms with E-state index in [0.29, 0.717) is 25.3 Å². The third-order valence-corrected chi connectivity index (χ3v) is 3.53. The van der Waals surface area contributed by atoms with Gasteiger partial charge in [0.2, 0.25) is 17.7 Å². The smallest absolute Gasteiger partial charge is 0.239 e.